The Bertz CT molecular complexity index is 1390. The average molecular weight is 420 g/mol. The van der Waals surface area contributed by atoms with E-state index in [0.29, 0.717) is 17.0 Å². The number of fused-ring (bicyclic) bond motifs is 1. The van der Waals surface area contributed by atoms with Crippen molar-refractivity contribution in [3.05, 3.63) is 78.6 Å². The summed E-state index contributed by atoms with van der Waals surface area (Å²) in [5.41, 5.74) is 1.96. The van der Waals surface area contributed by atoms with Crippen molar-refractivity contribution in [2.75, 3.05) is 0 Å². The molecular weight excluding hydrogens is 405 g/mol. The largest absolute Gasteiger partial charge is 0.435 e. The van der Waals surface area contributed by atoms with Crippen LogP contribution in [0.25, 0.3) is 45.1 Å². The smallest absolute Gasteiger partial charge is 0.420 e. The molecule has 0 bridgehead atoms. The van der Waals surface area contributed by atoms with Gasteiger partial charge in [-0.15, -0.1) is 10.2 Å². The third kappa shape index (κ3) is 3.26. The molecular formula is C23H15F3N4O. The van der Waals surface area contributed by atoms with Crippen LogP contribution in [0.3, 0.4) is 0 Å². The van der Waals surface area contributed by atoms with Gasteiger partial charge in [0.05, 0.1) is 0 Å². The van der Waals surface area contributed by atoms with Gasteiger partial charge in [-0.1, -0.05) is 48.5 Å². The van der Waals surface area contributed by atoms with Crippen molar-refractivity contribution in [2.45, 2.75) is 6.18 Å². The molecule has 31 heavy (non-hydrogen) atoms. The van der Waals surface area contributed by atoms with Gasteiger partial charge in [-0.3, -0.25) is 0 Å². The topological polar surface area (TPSA) is 56.7 Å². The Morgan fingerprint density at radius 2 is 1.61 bits per heavy atom. The van der Waals surface area contributed by atoms with E-state index in [2.05, 4.69) is 15.2 Å². The molecule has 0 saturated carbocycles. The van der Waals surface area contributed by atoms with Crippen LogP contribution < -0.4 is 0 Å². The van der Waals surface area contributed by atoms with Gasteiger partial charge in [-0.25, -0.2) is 4.98 Å². The van der Waals surface area contributed by atoms with E-state index >= 15 is 0 Å². The average Bonchev–Trinajstić information content (AvgIpc) is 3.38. The van der Waals surface area contributed by atoms with Gasteiger partial charge in [0.25, 0.3) is 0 Å². The van der Waals surface area contributed by atoms with Crippen LogP contribution >= 0.6 is 0 Å². The minimum absolute atomic E-state index is 0.0856. The third-order valence-corrected chi connectivity index (χ3v) is 5.04. The molecule has 0 saturated heterocycles. The molecule has 0 fully saturated rings. The number of aryl methyl sites for hydroxylation is 1. The van der Waals surface area contributed by atoms with Crippen molar-refractivity contribution in [1.29, 1.82) is 0 Å². The van der Waals surface area contributed by atoms with Gasteiger partial charge in [-0.05, 0) is 29.3 Å². The summed E-state index contributed by atoms with van der Waals surface area (Å²) in [5.74, 6) is 0.634. The monoisotopic (exact) mass is 420 g/mol. The second-order valence-electron chi connectivity index (χ2n) is 7.03. The van der Waals surface area contributed by atoms with Gasteiger partial charge >= 0.3 is 6.18 Å². The number of alkyl halides is 3. The number of para-hydroxylation sites is 1. The quantitative estimate of drug-likeness (QED) is 0.361. The third-order valence-electron chi connectivity index (χ3n) is 5.04. The summed E-state index contributed by atoms with van der Waals surface area (Å²) in [6.07, 6.45) is -2.98. The van der Waals surface area contributed by atoms with E-state index < -0.39 is 11.7 Å². The maximum atomic E-state index is 13.5. The van der Waals surface area contributed by atoms with Gasteiger partial charge in [0.1, 0.15) is 17.4 Å². The maximum Gasteiger partial charge on any atom is 0.420 e. The van der Waals surface area contributed by atoms with E-state index in [4.69, 9.17) is 4.42 Å². The van der Waals surface area contributed by atoms with Crippen LogP contribution in [0.4, 0.5) is 13.2 Å². The van der Waals surface area contributed by atoms with E-state index in [9.17, 15) is 13.2 Å². The molecule has 0 aliphatic carbocycles. The first-order chi connectivity index (χ1) is 14.9. The summed E-state index contributed by atoms with van der Waals surface area (Å²) in [7, 11) is 1.80. The van der Waals surface area contributed by atoms with E-state index in [1.165, 1.54) is 12.1 Å². The Kier molecular flexibility index (Phi) is 4.35. The summed E-state index contributed by atoms with van der Waals surface area (Å²) in [6, 6.07) is 18.9. The van der Waals surface area contributed by atoms with Gasteiger partial charge in [0.2, 0.25) is 5.89 Å². The van der Waals surface area contributed by atoms with Crippen LogP contribution in [0.15, 0.2) is 77.5 Å². The van der Waals surface area contributed by atoms with Crippen LogP contribution in [-0.4, -0.2) is 19.7 Å². The van der Waals surface area contributed by atoms with Crippen LogP contribution in [0.5, 0.6) is 0 Å². The van der Waals surface area contributed by atoms with Gasteiger partial charge in [0.15, 0.2) is 11.4 Å². The highest BCUT2D eigenvalue weighted by molar-refractivity contribution is 5.92. The maximum absolute atomic E-state index is 13.5. The molecule has 0 aliphatic rings. The fourth-order valence-electron chi connectivity index (χ4n) is 3.63. The number of rotatable bonds is 3. The van der Waals surface area contributed by atoms with Crippen LogP contribution in [0, 0.1) is 0 Å². The van der Waals surface area contributed by atoms with Crippen LogP contribution in [0.2, 0.25) is 0 Å². The Hall–Kier alpha value is -3.94. The molecule has 5 aromatic rings. The molecule has 3 aromatic carbocycles. The molecule has 0 radical (unpaired) electrons. The normalized spacial score (nSPS) is 11.9. The second kappa shape index (κ2) is 7.09. The number of hydrogen-bond acceptors (Lipinski definition) is 4. The second-order valence-corrected chi connectivity index (χ2v) is 7.03. The zero-order chi connectivity index (χ0) is 21.6. The lowest BCUT2D eigenvalue weighted by Gasteiger charge is -2.13. The molecule has 2 aromatic heterocycles. The summed E-state index contributed by atoms with van der Waals surface area (Å²) < 4.78 is 47.8. The standard InChI is InChI=1S/C23H15F3N4O/c1-30-13-27-29-21(30)19-15(14-7-3-2-4-8-14)9-5-10-16(19)22-28-18-12-6-11-17(20(18)31-22)23(24,25)26/h2-13H,1H3. The first-order valence-corrected chi connectivity index (χ1v) is 9.43. The first kappa shape index (κ1) is 19.0. The molecule has 154 valence electrons. The van der Waals surface area contributed by atoms with Crippen molar-refractivity contribution >= 4 is 11.1 Å². The van der Waals surface area contributed by atoms with Crippen molar-refractivity contribution in [1.82, 2.24) is 19.7 Å². The van der Waals surface area contributed by atoms with E-state index in [1.807, 2.05) is 42.5 Å². The lowest BCUT2D eigenvalue weighted by molar-refractivity contribution is -0.136. The van der Waals surface area contributed by atoms with Crippen molar-refractivity contribution < 1.29 is 17.6 Å². The lowest BCUT2D eigenvalue weighted by atomic mass is 9.94. The molecule has 0 aliphatic heterocycles. The fourth-order valence-corrected chi connectivity index (χ4v) is 3.63. The van der Waals surface area contributed by atoms with Gasteiger partial charge < -0.3 is 8.98 Å². The predicted octanol–water partition coefficient (Wildman–Crippen LogP) is 5.98. The zero-order valence-corrected chi connectivity index (χ0v) is 16.3. The number of oxazole rings is 1. The minimum atomic E-state index is -4.55. The van der Waals surface area contributed by atoms with Crippen molar-refractivity contribution in [3.8, 4) is 34.0 Å². The van der Waals surface area contributed by atoms with Gasteiger partial charge in [-0.2, -0.15) is 13.2 Å². The Morgan fingerprint density at radius 1 is 0.871 bits per heavy atom. The highest BCUT2D eigenvalue weighted by Gasteiger charge is 2.35. The van der Waals surface area contributed by atoms with Crippen LogP contribution in [0.1, 0.15) is 5.56 Å². The summed E-state index contributed by atoms with van der Waals surface area (Å²) in [6.45, 7) is 0. The van der Waals surface area contributed by atoms with Crippen molar-refractivity contribution in [2.24, 2.45) is 7.05 Å². The molecule has 0 spiro atoms. The number of hydrogen-bond donors (Lipinski definition) is 0. The number of aromatic nitrogens is 4. The van der Waals surface area contributed by atoms with E-state index in [1.54, 1.807) is 24.0 Å². The number of nitrogens with zero attached hydrogens (tertiary/aromatic N) is 4. The van der Waals surface area contributed by atoms with Crippen LogP contribution in [-0.2, 0) is 13.2 Å². The minimum Gasteiger partial charge on any atom is -0.435 e. The molecule has 5 nitrogen and oxygen atoms in total. The SMILES string of the molecule is Cn1cnnc1-c1c(-c2ccccc2)cccc1-c1nc2cccc(C(F)(F)F)c2o1. The molecule has 0 unspecified atom stereocenters. The number of benzene rings is 3. The summed E-state index contributed by atoms with van der Waals surface area (Å²) in [4.78, 5) is 4.37. The predicted molar refractivity (Wildman–Crippen MR) is 110 cm³/mol. The van der Waals surface area contributed by atoms with Gasteiger partial charge in [0, 0.05) is 18.2 Å². The summed E-state index contributed by atoms with van der Waals surface area (Å²) in [5, 5.41) is 8.20. The number of halogens is 3. The first-order valence-electron chi connectivity index (χ1n) is 9.43. The molecule has 0 amide bonds. The summed E-state index contributed by atoms with van der Waals surface area (Å²) >= 11 is 0. The molecule has 0 N–H and O–H groups in total. The highest BCUT2D eigenvalue weighted by Crippen LogP contribution is 2.41. The Balaban J connectivity index is 1.80. The van der Waals surface area contributed by atoms with Crippen molar-refractivity contribution in [3.63, 3.8) is 0 Å². The molecule has 0 atom stereocenters. The van der Waals surface area contributed by atoms with E-state index in [-0.39, 0.29) is 17.0 Å². The Morgan fingerprint density at radius 3 is 2.32 bits per heavy atom. The highest BCUT2D eigenvalue weighted by atomic mass is 19.4. The van der Waals surface area contributed by atoms with E-state index in [0.717, 1.165) is 17.2 Å². The lowest BCUT2D eigenvalue weighted by Crippen LogP contribution is -2.04. The molecule has 2 heterocycles. The molecule has 5 rings (SSSR count). The zero-order valence-electron chi connectivity index (χ0n) is 16.3. The fraction of sp³-hybridized carbons (Fsp3) is 0.0870. The Labute approximate surface area is 174 Å². The molecule has 8 heteroatoms.